The second kappa shape index (κ2) is 5.06. The Morgan fingerprint density at radius 2 is 2.47 bits per heavy atom. The summed E-state index contributed by atoms with van der Waals surface area (Å²) in [6.45, 7) is 3.02. The molecule has 0 radical (unpaired) electrons. The molecule has 1 atom stereocenters. The maximum atomic E-state index is 11.8. The van der Waals surface area contributed by atoms with Gasteiger partial charge in [-0.3, -0.25) is 0 Å². The van der Waals surface area contributed by atoms with Crippen molar-refractivity contribution in [3.05, 3.63) is 16.3 Å². The minimum absolute atomic E-state index is 0.298. The molecule has 2 rings (SSSR count). The van der Waals surface area contributed by atoms with Crippen molar-refractivity contribution in [3.63, 3.8) is 0 Å². The molecule has 0 N–H and O–H groups in total. The van der Waals surface area contributed by atoms with Crippen LogP contribution in [0.3, 0.4) is 0 Å². The molecule has 0 saturated carbocycles. The number of rotatable bonds is 4. The lowest BCUT2D eigenvalue weighted by Gasteiger charge is -2.22. The number of ether oxygens (including phenoxy) is 3. The Morgan fingerprint density at radius 3 is 3.12 bits per heavy atom. The van der Waals surface area contributed by atoms with Gasteiger partial charge >= 0.3 is 5.97 Å². The topological polar surface area (TPSA) is 44.8 Å². The van der Waals surface area contributed by atoms with E-state index >= 15 is 0 Å². The van der Waals surface area contributed by atoms with Crippen LogP contribution in [0.1, 0.15) is 29.4 Å². The minimum atomic E-state index is -0.339. The van der Waals surface area contributed by atoms with E-state index in [2.05, 4.69) is 0 Å². The Bertz CT molecular complexity index is 393. The van der Waals surface area contributed by atoms with Gasteiger partial charge < -0.3 is 14.2 Å². The van der Waals surface area contributed by atoms with Gasteiger partial charge in [-0.15, -0.1) is 11.3 Å². The highest BCUT2D eigenvalue weighted by atomic mass is 32.1. The van der Waals surface area contributed by atoms with Crippen LogP contribution < -0.4 is 4.74 Å². The highest BCUT2D eigenvalue weighted by molar-refractivity contribution is 7.12. The van der Waals surface area contributed by atoms with E-state index in [0.717, 1.165) is 19.4 Å². The van der Waals surface area contributed by atoms with Crippen LogP contribution in [0, 0.1) is 0 Å². The summed E-state index contributed by atoms with van der Waals surface area (Å²) in [6, 6.07) is 1.76. The van der Waals surface area contributed by atoms with Crippen molar-refractivity contribution in [2.75, 3.05) is 20.3 Å². The van der Waals surface area contributed by atoms with Crippen LogP contribution in [0.15, 0.2) is 11.4 Å². The number of hydrogen-bond donors (Lipinski definition) is 0. The maximum absolute atomic E-state index is 11.8. The molecule has 1 aromatic rings. The van der Waals surface area contributed by atoms with E-state index in [1.165, 1.54) is 11.3 Å². The monoisotopic (exact) mass is 256 g/mol. The van der Waals surface area contributed by atoms with Gasteiger partial charge in [0.25, 0.3) is 0 Å². The Kier molecular flexibility index (Phi) is 3.69. The van der Waals surface area contributed by atoms with E-state index in [0.29, 0.717) is 17.2 Å². The molecular formula is C12H16O4S. The zero-order valence-electron chi connectivity index (χ0n) is 10.0. The first-order valence-corrected chi connectivity index (χ1v) is 6.45. The lowest BCUT2D eigenvalue weighted by atomic mass is 10.0. The average Bonchev–Trinajstić information content (AvgIpc) is 2.95. The second-order valence-corrected chi connectivity index (χ2v) is 5.21. The van der Waals surface area contributed by atoms with Gasteiger partial charge in [0, 0.05) is 6.61 Å². The molecule has 0 unspecified atom stereocenters. The molecule has 5 heteroatoms. The van der Waals surface area contributed by atoms with Crippen molar-refractivity contribution in [2.24, 2.45) is 0 Å². The van der Waals surface area contributed by atoms with E-state index in [1.54, 1.807) is 13.2 Å². The van der Waals surface area contributed by atoms with Crippen molar-refractivity contribution >= 4 is 17.3 Å². The van der Waals surface area contributed by atoms with Crippen LogP contribution in [0.4, 0.5) is 0 Å². The fourth-order valence-electron chi connectivity index (χ4n) is 1.84. The van der Waals surface area contributed by atoms with Crippen molar-refractivity contribution in [1.29, 1.82) is 0 Å². The quantitative estimate of drug-likeness (QED) is 0.776. The molecule has 94 valence electrons. The number of hydrogen-bond acceptors (Lipinski definition) is 5. The summed E-state index contributed by atoms with van der Waals surface area (Å²) in [5, 5.41) is 1.81. The first-order valence-electron chi connectivity index (χ1n) is 5.57. The van der Waals surface area contributed by atoms with Gasteiger partial charge in [0.1, 0.15) is 12.4 Å². The summed E-state index contributed by atoms with van der Waals surface area (Å²) in [5.41, 5.74) is -0.319. The summed E-state index contributed by atoms with van der Waals surface area (Å²) < 4.78 is 15.9. The van der Waals surface area contributed by atoms with E-state index in [-0.39, 0.29) is 11.6 Å². The third-order valence-electron chi connectivity index (χ3n) is 2.84. The molecule has 0 amide bonds. The third-order valence-corrected chi connectivity index (χ3v) is 3.72. The van der Waals surface area contributed by atoms with Crippen LogP contribution in [0.2, 0.25) is 0 Å². The minimum Gasteiger partial charge on any atom is -0.495 e. The Morgan fingerprint density at radius 1 is 1.65 bits per heavy atom. The van der Waals surface area contributed by atoms with Crippen LogP contribution in [0.25, 0.3) is 0 Å². The van der Waals surface area contributed by atoms with Crippen molar-refractivity contribution in [1.82, 2.24) is 0 Å². The molecule has 1 saturated heterocycles. The molecule has 1 aliphatic heterocycles. The van der Waals surface area contributed by atoms with Gasteiger partial charge in [-0.2, -0.15) is 0 Å². The molecule has 17 heavy (non-hydrogen) atoms. The van der Waals surface area contributed by atoms with Crippen molar-refractivity contribution in [3.8, 4) is 5.75 Å². The molecule has 1 fully saturated rings. The third kappa shape index (κ3) is 2.79. The SMILES string of the molecule is COc1ccsc1C(=O)OC[C@]1(C)CCCO1. The maximum Gasteiger partial charge on any atom is 0.352 e. The lowest BCUT2D eigenvalue weighted by molar-refractivity contribution is -0.0377. The standard InChI is InChI=1S/C12H16O4S/c1-12(5-3-6-16-12)8-15-11(13)10-9(14-2)4-7-17-10/h4,7H,3,5-6,8H2,1-2H3/t12-/m0/s1. The first kappa shape index (κ1) is 12.4. The van der Waals surface area contributed by atoms with Crippen molar-refractivity contribution in [2.45, 2.75) is 25.4 Å². The lowest BCUT2D eigenvalue weighted by Crippen LogP contribution is -2.31. The molecule has 0 spiro atoms. The zero-order chi connectivity index (χ0) is 12.3. The number of methoxy groups -OCH3 is 1. The Hall–Kier alpha value is -1.07. The molecule has 0 bridgehead atoms. The average molecular weight is 256 g/mol. The summed E-state index contributed by atoms with van der Waals surface area (Å²) in [5.74, 6) is 0.228. The first-order chi connectivity index (χ1) is 8.14. The zero-order valence-corrected chi connectivity index (χ0v) is 10.8. The van der Waals surface area contributed by atoms with Gasteiger partial charge in [0.2, 0.25) is 0 Å². The normalized spacial score (nSPS) is 23.6. The highest BCUT2D eigenvalue weighted by Gasteiger charge is 2.32. The predicted octanol–water partition coefficient (Wildman–Crippen LogP) is 2.48. The molecule has 0 aliphatic carbocycles. The highest BCUT2D eigenvalue weighted by Crippen LogP contribution is 2.28. The number of carbonyl (C=O) groups is 1. The fraction of sp³-hybridized carbons (Fsp3) is 0.583. The van der Waals surface area contributed by atoms with Crippen LogP contribution in [-0.4, -0.2) is 31.9 Å². The van der Waals surface area contributed by atoms with E-state index in [1.807, 2.05) is 12.3 Å². The van der Waals surface area contributed by atoms with Gasteiger partial charge in [-0.05, 0) is 31.2 Å². The van der Waals surface area contributed by atoms with Gasteiger partial charge in [0.15, 0.2) is 4.88 Å². The Balaban J connectivity index is 1.93. The summed E-state index contributed by atoms with van der Waals surface area (Å²) in [7, 11) is 1.54. The molecular weight excluding hydrogens is 240 g/mol. The van der Waals surface area contributed by atoms with Gasteiger partial charge in [-0.1, -0.05) is 0 Å². The smallest absolute Gasteiger partial charge is 0.352 e. The van der Waals surface area contributed by atoms with Crippen molar-refractivity contribution < 1.29 is 19.0 Å². The van der Waals surface area contributed by atoms with E-state index < -0.39 is 0 Å². The summed E-state index contributed by atoms with van der Waals surface area (Å²) in [6.07, 6.45) is 1.96. The second-order valence-electron chi connectivity index (χ2n) is 4.30. The number of carbonyl (C=O) groups excluding carboxylic acids is 1. The summed E-state index contributed by atoms with van der Waals surface area (Å²) in [4.78, 5) is 12.3. The fourth-order valence-corrected chi connectivity index (χ4v) is 2.59. The van der Waals surface area contributed by atoms with E-state index in [4.69, 9.17) is 14.2 Å². The predicted molar refractivity (Wildman–Crippen MR) is 64.7 cm³/mol. The van der Waals surface area contributed by atoms with Gasteiger partial charge in [0.05, 0.1) is 12.7 Å². The van der Waals surface area contributed by atoms with Crippen LogP contribution in [0.5, 0.6) is 5.75 Å². The number of esters is 1. The Labute approximate surface area is 104 Å². The van der Waals surface area contributed by atoms with Crippen LogP contribution in [-0.2, 0) is 9.47 Å². The largest absolute Gasteiger partial charge is 0.495 e. The number of thiophene rings is 1. The molecule has 4 nitrogen and oxygen atoms in total. The molecule has 1 aliphatic rings. The van der Waals surface area contributed by atoms with Gasteiger partial charge in [-0.25, -0.2) is 4.79 Å². The molecule has 1 aromatic heterocycles. The van der Waals surface area contributed by atoms with E-state index in [9.17, 15) is 4.79 Å². The van der Waals surface area contributed by atoms with Crippen LogP contribution >= 0.6 is 11.3 Å². The molecule has 2 heterocycles. The summed E-state index contributed by atoms with van der Waals surface area (Å²) >= 11 is 1.32. The molecule has 0 aromatic carbocycles.